The standard InChI is InChI=1S/C17H15F6N3O4S/c18-16(19,20)11-4-2-1-3-9(11)7-10-12(31(24,29)30)5-6-25-14(10)15(28)26-8-13(27)17(21,22)23/h1-6,13,27H,7-8H2,(H,26,28)(H2,24,29,30). The molecule has 1 aromatic heterocycles. The van der Waals surface area contributed by atoms with Crippen molar-refractivity contribution in [3.8, 4) is 0 Å². The number of aliphatic hydroxyl groups is 1. The van der Waals surface area contributed by atoms with Crippen LogP contribution in [0.4, 0.5) is 26.3 Å². The van der Waals surface area contributed by atoms with Crippen molar-refractivity contribution < 1.29 is 44.7 Å². The van der Waals surface area contributed by atoms with E-state index in [0.717, 1.165) is 30.5 Å². The van der Waals surface area contributed by atoms with Crippen LogP contribution in [0.3, 0.4) is 0 Å². The summed E-state index contributed by atoms with van der Waals surface area (Å²) in [6.45, 7) is -1.29. The Hall–Kier alpha value is -2.71. The minimum absolute atomic E-state index is 0.419. The summed E-state index contributed by atoms with van der Waals surface area (Å²) in [6, 6.07) is 4.97. The summed E-state index contributed by atoms with van der Waals surface area (Å²) in [7, 11) is -4.54. The summed E-state index contributed by atoms with van der Waals surface area (Å²) < 4.78 is 101. The molecule has 0 radical (unpaired) electrons. The highest BCUT2D eigenvalue weighted by Crippen LogP contribution is 2.34. The first kappa shape index (κ1) is 24.6. The highest BCUT2D eigenvalue weighted by molar-refractivity contribution is 7.89. The molecule has 31 heavy (non-hydrogen) atoms. The Morgan fingerprint density at radius 3 is 2.29 bits per heavy atom. The van der Waals surface area contributed by atoms with Gasteiger partial charge in [0, 0.05) is 18.2 Å². The number of sulfonamides is 1. The first-order valence-corrected chi connectivity index (χ1v) is 9.85. The maximum atomic E-state index is 13.3. The maximum Gasteiger partial charge on any atom is 0.416 e. The van der Waals surface area contributed by atoms with Crippen LogP contribution in [0.2, 0.25) is 0 Å². The van der Waals surface area contributed by atoms with Gasteiger partial charge >= 0.3 is 12.4 Å². The molecule has 14 heteroatoms. The molecule has 1 atom stereocenters. The third-order valence-corrected chi connectivity index (χ3v) is 5.05. The zero-order chi connectivity index (χ0) is 23.6. The van der Waals surface area contributed by atoms with E-state index in [2.05, 4.69) is 4.98 Å². The average molecular weight is 471 g/mol. The Balaban J connectivity index is 2.53. The van der Waals surface area contributed by atoms with Gasteiger partial charge in [-0.15, -0.1) is 0 Å². The fourth-order valence-electron chi connectivity index (χ4n) is 2.64. The van der Waals surface area contributed by atoms with Gasteiger partial charge in [0.1, 0.15) is 5.69 Å². The van der Waals surface area contributed by atoms with E-state index in [1.165, 1.54) is 6.07 Å². The van der Waals surface area contributed by atoms with Crippen LogP contribution in [0.15, 0.2) is 41.4 Å². The van der Waals surface area contributed by atoms with Crippen molar-refractivity contribution in [2.75, 3.05) is 6.54 Å². The van der Waals surface area contributed by atoms with E-state index in [4.69, 9.17) is 10.2 Å². The van der Waals surface area contributed by atoms with E-state index in [9.17, 15) is 39.6 Å². The van der Waals surface area contributed by atoms with Crippen LogP contribution in [0.1, 0.15) is 27.2 Å². The number of hydrogen-bond donors (Lipinski definition) is 3. The van der Waals surface area contributed by atoms with E-state index in [0.29, 0.717) is 0 Å². The molecule has 0 saturated carbocycles. The molecule has 1 aromatic carbocycles. The zero-order valence-electron chi connectivity index (χ0n) is 15.3. The molecule has 0 aliphatic heterocycles. The van der Waals surface area contributed by atoms with Crippen molar-refractivity contribution >= 4 is 15.9 Å². The molecule has 0 aliphatic rings. The summed E-state index contributed by atoms with van der Waals surface area (Å²) in [6.07, 6.45) is -12.7. The number of nitrogens with two attached hydrogens (primary N) is 1. The van der Waals surface area contributed by atoms with E-state index in [1.807, 2.05) is 0 Å². The van der Waals surface area contributed by atoms with Crippen LogP contribution >= 0.6 is 0 Å². The van der Waals surface area contributed by atoms with Gasteiger partial charge in [0.05, 0.1) is 17.0 Å². The monoisotopic (exact) mass is 471 g/mol. The Bertz CT molecular complexity index is 1070. The minimum Gasteiger partial charge on any atom is -0.382 e. The smallest absolute Gasteiger partial charge is 0.382 e. The summed E-state index contributed by atoms with van der Waals surface area (Å²) in [4.78, 5) is 15.2. The van der Waals surface area contributed by atoms with Crippen molar-refractivity contribution in [3.63, 3.8) is 0 Å². The van der Waals surface area contributed by atoms with Crippen molar-refractivity contribution in [2.24, 2.45) is 5.14 Å². The highest BCUT2D eigenvalue weighted by Gasteiger charge is 2.38. The van der Waals surface area contributed by atoms with Gasteiger partial charge in [0.15, 0.2) is 6.10 Å². The predicted octanol–water partition coefficient (Wildman–Crippen LogP) is 1.99. The zero-order valence-corrected chi connectivity index (χ0v) is 16.1. The van der Waals surface area contributed by atoms with Crippen molar-refractivity contribution in [3.05, 3.63) is 58.9 Å². The third-order valence-electron chi connectivity index (χ3n) is 4.06. The second-order valence-electron chi connectivity index (χ2n) is 6.28. The molecule has 1 heterocycles. The molecule has 2 aromatic rings. The largest absolute Gasteiger partial charge is 0.416 e. The first-order valence-electron chi connectivity index (χ1n) is 8.31. The third kappa shape index (κ3) is 6.15. The molecule has 4 N–H and O–H groups in total. The number of pyridine rings is 1. The number of amides is 1. The van der Waals surface area contributed by atoms with Crippen LogP contribution in [0, 0.1) is 0 Å². The lowest BCUT2D eigenvalue weighted by Crippen LogP contribution is -2.41. The van der Waals surface area contributed by atoms with Crippen molar-refractivity contribution in [1.82, 2.24) is 10.3 Å². The Labute approximate surface area is 171 Å². The quantitative estimate of drug-likeness (QED) is 0.557. The molecular weight excluding hydrogens is 456 g/mol. The molecule has 1 unspecified atom stereocenters. The molecule has 2 rings (SSSR count). The molecule has 0 fully saturated rings. The van der Waals surface area contributed by atoms with Crippen LogP contribution in [0.25, 0.3) is 0 Å². The summed E-state index contributed by atoms with van der Waals surface area (Å²) in [5.41, 5.74) is -2.83. The second-order valence-corrected chi connectivity index (χ2v) is 7.81. The van der Waals surface area contributed by atoms with E-state index in [1.54, 1.807) is 5.32 Å². The summed E-state index contributed by atoms with van der Waals surface area (Å²) >= 11 is 0. The molecule has 0 spiro atoms. The number of nitrogens with one attached hydrogen (secondary N) is 1. The molecule has 0 aliphatic carbocycles. The SMILES string of the molecule is NS(=O)(=O)c1ccnc(C(=O)NCC(O)C(F)(F)F)c1Cc1ccccc1C(F)(F)F. The minimum atomic E-state index is -5.04. The van der Waals surface area contributed by atoms with Gasteiger partial charge in [0.2, 0.25) is 10.0 Å². The number of carbonyl (C=O) groups is 1. The fourth-order valence-corrected chi connectivity index (χ4v) is 3.40. The molecular formula is C17H15F6N3O4S. The lowest BCUT2D eigenvalue weighted by atomic mass is 9.98. The Morgan fingerprint density at radius 2 is 1.74 bits per heavy atom. The molecule has 7 nitrogen and oxygen atoms in total. The number of aromatic nitrogens is 1. The number of hydrogen-bond acceptors (Lipinski definition) is 5. The van der Waals surface area contributed by atoms with Crippen LogP contribution in [0.5, 0.6) is 0 Å². The lowest BCUT2D eigenvalue weighted by molar-refractivity contribution is -0.201. The molecule has 0 bridgehead atoms. The van der Waals surface area contributed by atoms with E-state index >= 15 is 0 Å². The predicted molar refractivity (Wildman–Crippen MR) is 94.3 cm³/mol. The number of halogens is 6. The number of benzene rings is 1. The highest BCUT2D eigenvalue weighted by atomic mass is 32.2. The molecule has 1 amide bonds. The van der Waals surface area contributed by atoms with Gasteiger partial charge < -0.3 is 10.4 Å². The van der Waals surface area contributed by atoms with Crippen LogP contribution < -0.4 is 10.5 Å². The number of alkyl halides is 6. The van der Waals surface area contributed by atoms with Gasteiger partial charge in [-0.05, 0) is 17.7 Å². The summed E-state index contributed by atoms with van der Waals surface area (Å²) in [5.74, 6) is -1.34. The van der Waals surface area contributed by atoms with Crippen LogP contribution in [-0.4, -0.2) is 43.2 Å². The van der Waals surface area contributed by atoms with E-state index < -0.39 is 74.6 Å². The fraction of sp³-hybridized carbons (Fsp3) is 0.294. The Kier molecular flexibility index (Phi) is 6.97. The molecule has 0 saturated heterocycles. The number of carbonyl (C=O) groups excluding carboxylic acids is 1. The molecule has 170 valence electrons. The maximum absolute atomic E-state index is 13.3. The van der Waals surface area contributed by atoms with Crippen LogP contribution in [-0.2, 0) is 22.6 Å². The first-order chi connectivity index (χ1) is 14.1. The number of nitrogens with zero attached hydrogens (tertiary/aromatic N) is 1. The van der Waals surface area contributed by atoms with Gasteiger partial charge in [-0.1, -0.05) is 18.2 Å². The number of rotatable bonds is 6. The van der Waals surface area contributed by atoms with Gasteiger partial charge in [-0.25, -0.2) is 13.6 Å². The Morgan fingerprint density at radius 1 is 1.13 bits per heavy atom. The van der Waals surface area contributed by atoms with E-state index in [-0.39, 0.29) is 0 Å². The van der Waals surface area contributed by atoms with Crippen molar-refractivity contribution in [2.45, 2.75) is 29.8 Å². The van der Waals surface area contributed by atoms with Crippen molar-refractivity contribution in [1.29, 1.82) is 0 Å². The topological polar surface area (TPSA) is 122 Å². The second kappa shape index (κ2) is 8.80. The van der Waals surface area contributed by atoms with Gasteiger partial charge in [-0.2, -0.15) is 26.3 Å². The average Bonchev–Trinajstić information content (AvgIpc) is 2.63. The number of aliphatic hydroxyl groups excluding tert-OH is 1. The lowest BCUT2D eigenvalue weighted by Gasteiger charge is -2.18. The van der Waals surface area contributed by atoms with Gasteiger partial charge in [-0.3, -0.25) is 9.78 Å². The summed E-state index contributed by atoms with van der Waals surface area (Å²) in [5, 5.41) is 15.8. The number of primary sulfonamides is 1. The van der Waals surface area contributed by atoms with Gasteiger partial charge in [0.25, 0.3) is 5.91 Å². The normalized spacial score (nSPS) is 13.7.